The zero-order valence-corrected chi connectivity index (χ0v) is 8.11. The van der Waals surface area contributed by atoms with Crippen molar-refractivity contribution in [2.75, 3.05) is 13.6 Å². The lowest BCUT2D eigenvalue weighted by Gasteiger charge is -2.14. The smallest absolute Gasteiger partial charge is 0.159 e. The van der Waals surface area contributed by atoms with Crippen LogP contribution in [0.1, 0.15) is 18.4 Å². The average molecular weight is 197 g/mol. The van der Waals surface area contributed by atoms with Crippen molar-refractivity contribution in [1.82, 2.24) is 5.32 Å². The van der Waals surface area contributed by atoms with E-state index in [0.29, 0.717) is 0 Å². The molecule has 0 radical (unpaired) electrons. The zero-order valence-electron chi connectivity index (χ0n) is 8.11. The normalized spacial score (nSPS) is 18.2. The Hall–Kier alpha value is -0.960. The maximum atomic E-state index is 13.0. The zero-order chi connectivity index (χ0) is 10.2. The molecule has 1 fully saturated rings. The van der Waals surface area contributed by atoms with Gasteiger partial charge in [0.05, 0.1) is 0 Å². The second kappa shape index (κ2) is 3.31. The molecule has 1 aromatic rings. The molecule has 2 rings (SSSR count). The minimum Gasteiger partial charge on any atom is -0.319 e. The topological polar surface area (TPSA) is 12.0 Å². The second-order valence-electron chi connectivity index (χ2n) is 3.94. The molecule has 0 saturated heterocycles. The molecule has 0 aliphatic heterocycles. The molecule has 1 aliphatic rings. The van der Waals surface area contributed by atoms with Crippen molar-refractivity contribution in [2.45, 2.75) is 18.3 Å². The summed E-state index contributed by atoms with van der Waals surface area (Å²) in [5.41, 5.74) is 0.967. The Morgan fingerprint density at radius 3 is 2.50 bits per heavy atom. The first-order valence-electron chi connectivity index (χ1n) is 4.78. The summed E-state index contributed by atoms with van der Waals surface area (Å²) < 4.78 is 25.7. The summed E-state index contributed by atoms with van der Waals surface area (Å²) in [5, 5.41) is 3.09. The van der Waals surface area contributed by atoms with Crippen molar-refractivity contribution in [3.8, 4) is 0 Å². The number of hydrogen-bond donors (Lipinski definition) is 1. The lowest BCUT2D eigenvalue weighted by molar-refractivity contribution is 0.503. The summed E-state index contributed by atoms with van der Waals surface area (Å²) in [6, 6.07) is 4.21. The van der Waals surface area contributed by atoms with Gasteiger partial charge in [0.25, 0.3) is 0 Å². The number of likely N-dealkylation sites (N-methyl/N-ethyl adjacent to an activating group) is 1. The molecule has 0 aromatic heterocycles. The molecule has 0 atom stereocenters. The van der Waals surface area contributed by atoms with Gasteiger partial charge in [-0.05, 0) is 37.6 Å². The fraction of sp³-hybridized carbons (Fsp3) is 0.455. The van der Waals surface area contributed by atoms with Crippen LogP contribution in [0.4, 0.5) is 8.78 Å². The van der Waals surface area contributed by atoms with Gasteiger partial charge in [0.1, 0.15) is 0 Å². The van der Waals surface area contributed by atoms with Gasteiger partial charge in [-0.3, -0.25) is 0 Å². The van der Waals surface area contributed by atoms with Crippen LogP contribution >= 0.6 is 0 Å². The molecular weight excluding hydrogens is 184 g/mol. The third kappa shape index (κ3) is 1.52. The Morgan fingerprint density at radius 2 is 2.00 bits per heavy atom. The Labute approximate surface area is 82.1 Å². The van der Waals surface area contributed by atoms with Crippen molar-refractivity contribution < 1.29 is 8.78 Å². The van der Waals surface area contributed by atoms with E-state index in [1.165, 1.54) is 12.1 Å². The van der Waals surface area contributed by atoms with Crippen molar-refractivity contribution in [3.63, 3.8) is 0 Å². The molecule has 0 bridgehead atoms. The second-order valence-corrected chi connectivity index (χ2v) is 3.94. The summed E-state index contributed by atoms with van der Waals surface area (Å²) in [7, 11) is 1.87. The monoisotopic (exact) mass is 197 g/mol. The van der Waals surface area contributed by atoms with E-state index in [2.05, 4.69) is 5.32 Å². The molecule has 1 nitrogen and oxygen atoms in total. The molecule has 3 heteroatoms. The molecule has 1 saturated carbocycles. The third-order valence-corrected chi connectivity index (χ3v) is 2.90. The van der Waals surface area contributed by atoms with Crippen LogP contribution in [0.15, 0.2) is 18.2 Å². The van der Waals surface area contributed by atoms with Crippen molar-refractivity contribution in [2.24, 2.45) is 0 Å². The molecule has 1 N–H and O–H groups in total. The number of rotatable bonds is 3. The summed E-state index contributed by atoms with van der Waals surface area (Å²) in [4.78, 5) is 0. The lowest BCUT2D eigenvalue weighted by Crippen LogP contribution is -2.23. The standard InChI is InChI=1S/C11H13F2N/c1-14-7-11(4-5-11)8-2-3-9(12)10(13)6-8/h2-3,6,14H,4-5,7H2,1H3. The van der Waals surface area contributed by atoms with Gasteiger partial charge in [0.15, 0.2) is 11.6 Å². The first-order chi connectivity index (χ1) is 6.68. The van der Waals surface area contributed by atoms with E-state index in [4.69, 9.17) is 0 Å². The highest BCUT2D eigenvalue weighted by Gasteiger charge is 2.43. The molecular formula is C11H13F2N. The molecule has 0 spiro atoms. The predicted octanol–water partition coefficient (Wildman–Crippen LogP) is 2.22. The predicted molar refractivity (Wildman–Crippen MR) is 51.2 cm³/mol. The highest BCUT2D eigenvalue weighted by molar-refractivity contribution is 5.32. The van der Waals surface area contributed by atoms with Gasteiger partial charge in [-0.1, -0.05) is 6.07 Å². The van der Waals surface area contributed by atoms with E-state index in [-0.39, 0.29) is 5.41 Å². The molecule has 0 unspecified atom stereocenters. The van der Waals surface area contributed by atoms with Crippen LogP contribution in [-0.2, 0) is 5.41 Å². The van der Waals surface area contributed by atoms with Crippen LogP contribution < -0.4 is 5.32 Å². The van der Waals surface area contributed by atoms with E-state index >= 15 is 0 Å². The summed E-state index contributed by atoms with van der Waals surface area (Å²) in [6.45, 7) is 0.831. The van der Waals surface area contributed by atoms with Crippen molar-refractivity contribution in [3.05, 3.63) is 35.4 Å². The minimum atomic E-state index is -0.769. The van der Waals surface area contributed by atoms with E-state index in [1.807, 2.05) is 7.05 Å². The summed E-state index contributed by atoms with van der Waals surface area (Å²) >= 11 is 0. The van der Waals surface area contributed by atoms with E-state index in [9.17, 15) is 8.78 Å². The van der Waals surface area contributed by atoms with Crippen LogP contribution in [0.3, 0.4) is 0 Å². The highest BCUT2D eigenvalue weighted by atomic mass is 19.2. The van der Waals surface area contributed by atoms with Crippen LogP contribution in [0, 0.1) is 11.6 Å². The highest BCUT2D eigenvalue weighted by Crippen LogP contribution is 2.47. The van der Waals surface area contributed by atoms with Gasteiger partial charge in [-0.2, -0.15) is 0 Å². The van der Waals surface area contributed by atoms with Crippen molar-refractivity contribution in [1.29, 1.82) is 0 Å². The minimum absolute atomic E-state index is 0.0588. The van der Waals surface area contributed by atoms with E-state index < -0.39 is 11.6 Å². The van der Waals surface area contributed by atoms with Gasteiger partial charge < -0.3 is 5.32 Å². The SMILES string of the molecule is CNCC1(c2ccc(F)c(F)c2)CC1. The van der Waals surface area contributed by atoms with Gasteiger partial charge in [-0.15, -0.1) is 0 Å². The van der Waals surface area contributed by atoms with E-state index in [1.54, 1.807) is 6.07 Å². The first kappa shape index (κ1) is 9.59. The van der Waals surface area contributed by atoms with Gasteiger partial charge in [-0.25, -0.2) is 8.78 Å². The summed E-state index contributed by atoms with van der Waals surface area (Å²) in [5.74, 6) is -1.51. The molecule has 76 valence electrons. The van der Waals surface area contributed by atoms with Crippen LogP contribution in [0.25, 0.3) is 0 Å². The number of halogens is 2. The molecule has 0 heterocycles. The van der Waals surface area contributed by atoms with Crippen LogP contribution in [-0.4, -0.2) is 13.6 Å². The first-order valence-corrected chi connectivity index (χ1v) is 4.78. The number of benzene rings is 1. The fourth-order valence-corrected chi connectivity index (χ4v) is 1.88. The molecule has 1 aromatic carbocycles. The molecule has 14 heavy (non-hydrogen) atoms. The fourth-order valence-electron chi connectivity index (χ4n) is 1.88. The van der Waals surface area contributed by atoms with E-state index in [0.717, 1.165) is 24.9 Å². The molecule has 0 amide bonds. The molecule has 1 aliphatic carbocycles. The van der Waals surface area contributed by atoms with Crippen molar-refractivity contribution >= 4 is 0 Å². The van der Waals surface area contributed by atoms with Gasteiger partial charge >= 0.3 is 0 Å². The Balaban J connectivity index is 2.28. The lowest BCUT2D eigenvalue weighted by atomic mass is 9.96. The van der Waals surface area contributed by atoms with Gasteiger partial charge in [0, 0.05) is 12.0 Å². The Bertz CT molecular complexity index is 345. The van der Waals surface area contributed by atoms with Crippen LogP contribution in [0.2, 0.25) is 0 Å². The largest absolute Gasteiger partial charge is 0.319 e. The number of nitrogens with one attached hydrogen (secondary N) is 1. The quantitative estimate of drug-likeness (QED) is 0.783. The Kier molecular flexibility index (Phi) is 2.27. The van der Waals surface area contributed by atoms with Crippen LogP contribution in [0.5, 0.6) is 0 Å². The third-order valence-electron chi connectivity index (χ3n) is 2.90. The number of hydrogen-bond acceptors (Lipinski definition) is 1. The maximum absolute atomic E-state index is 13.0. The Morgan fingerprint density at radius 1 is 1.29 bits per heavy atom. The average Bonchev–Trinajstić information content (AvgIpc) is 2.91. The maximum Gasteiger partial charge on any atom is 0.159 e. The van der Waals surface area contributed by atoms with Gasteiger partial charge in [0.2, 0.25) is 0 Å². The summed E-state index contributed by atoms with van der Waals surface area (Å²) in [6.07, 6.45) is 2.11.